The largest absolute Gasteiger partial charge is 0.468 e. The summed E-state index contributed by atoms with van der Waals surface area (Å²) in [6, 6.07) is 10.4. The molecule has 0 unspecified atom stereocenters. The molecule has 0 saturated carbocycles. The number of methoxy groups -OCH3 is 1. The van der Waals surface area contributed by atoms with Gasteiger partial charge in [0.25, 0.3) is 10.0 Å². The number of hydrogen-bond donors (Lipinski definition) is 0. The third-order valence-corrected chi connectivity index (χ3v) is 5.92. The van der Waals surface area contributed by atoms with E-state index in [0.29, 0.717) is 5.02 Å². The van der Waals surface area contributed by atoms with Crippen molar-refractivity contribution in [2.45, 2.75) is 4.90 Å². The molecule has 24 heavy (non-hydrogen) atoms. The molecule has 0 fully saturated rings. The smallest absolute Gasteiger partial charge is 0.326 e. The summed E-state index contributed by atoms with van der Waals surface area (Å²) in [6.07, 6.45) is 0. The minimum Gasteiger partial charge on any atom is -0.468 e. The summed E-state index contributed by atoms with van der Waals surface area (Å²) >= 11 is 15.2. The van der Waals surface area contributed by atoms with Gasteiger partial charge in [0.2, 0.25) is 0 Å². The fourth-order valence-electron chi connectivity index (χ4n) is 1.90. The van der Waals surface area contributed by atoms with Crippen LogP contribution in [0.15, 0.2) is 51.8 Å². The number of ether oxygens (including phenoxy) is 1. The van der Waals surface area contributed by atoms with E-state index < -0.39 is 22.5 Å². The molecule has 128 valence electrons. The summed E-state index contributed by atoms with van der Waals surface area (Å²) < 4.78 is 32.1. The first-order valence-corrected chi connectivity index (χ1v) is 9.55. The van der Waals surface area contributed by atoms with Crippen molar-refractivity contribution in [1.29, 1.82) is 0 Å². The Bertz CT molecular complexity index is 856. The first-order valence-electron chi connectivity index (χ1n) is 6.56. The summed E-state index contributed by atoms with van der Waals surface area (Å²) in [5.41, 5.74) is 0.134. The summed E-state index contributed by atoms with van der Waals surface area (Å²) in [6.45, 7) is -0.518. The molecule has 0 aliphatic rings. The van der Waals surface area contributed by atoms with Gasteiger partial charge < -0.3 is 4.74 Å². The number of rotatable bonds is 5. The summed E-state index contributed by atoms with van der Waals surface area (Å²) in [4.78, 5) is 11.7. The van der Waals surface area contributed by atoms with Gasteiger partial charge in [-0.25, -0.2) is 8.42 Å². The normalized spacial score (nSPS) is 11.2. The second kappa shape index (κ2) is 7.74. The van der Waals surface area contributed by atoms with Gasteiger partial charge in [-0.15, -0.1) is 0 Å². The molecule has 0 aliphatic carbocycles. The zero-order chi connectivity index (χ0) is 17.9. The highest BCUT2D eigenvalue weighted by Crippen LogP contribution is 2.32. The molecule has 0 N–H and O–H groups in total. The van der Waals surface area contributed by atoms with Crippen molar-refractivity contribution in [3.05, 3.63) is 57.0 Å². The standard InChI is InChI=1S/C15H12BrCl2NO4S/c1-23-15(20)9-19(14-7-4-11(17)8-13(14)18)24(21,22)12-5-2-10(16)3-6-12/h2-8H,9H2,1H3. The van der Waals surface area contributed by atoms with Crippen LogP contribution in [-0.2, 0) is 19.6 Å². The molecule has 0 aromatic heterocycles. The number of nitrogens with zero attached hydrogens (tertiary/aromatic N) is 1. The summed E-state index contributed by atoms with van der Waals surface area (Å²) in [7, 11) is -2.85. The summed E-state index contributed by atoms with van der Waals surface area (Å²) in [5.74, 6) is -0.721. The zero-order valence-electron chi connectivity index (χ0n) is 12.4. The van der Waals surface area contributed by atoms with Crippen LogP contribution in [0.1, 0.15) is 0 Å². The Kier molecular flexibility index (Phi) is 6.14. The van der Waals surface area contributed by atoms with Gasteiger partial charge in [-0.05, 0) is 42.5 Å². The van der Waals surface area contributed by atoms with Gasteiger partial charge >= 0.3 is 5.97 Å². The van der Waals surface area contributed by atoms with Crippen molar-refractivity contribution in [1.82, 2.24) is 0 Å². The molecule has 5 nitrogen and oxygen atoms in total. The lowest BCUT2D eigenvalue weighted by molar-refractivity contribution is -0.138. The van der Waals surface area contributed by atoms with E-state index in [1.165, 1.54) is 37.4 Å². The molecule has 0 heterocycles. The SMILES string of the molecule is COC(=O)CN(c1ccc(Cl)cc1Cl)S(=O)(=O)c1ccc(Br)cc1. The lowest BCUT2D eigenvalue weighted by Crippen LogP contribution is -2.36. The number of hydrogen-bond acceptors (Lipinski definition) is 4. The number of sulfonamides is 1. The summed E-state index contributed by atoms with van der Waals surface area (Å²) in [5, 5.41) is 0.454. The van der Waals surface area contributed by atoms with Crippen LogP contribution in [0.25, 0.3) is 0 Å². The molecular formula is C15H12BrCl2NO4S. The number of carbonyl (C=O) groups excluding carboxylic acids is 1. The van der Waals surface area contributed by atoms with Crippen molar-refractivity contribution in [2.75, 3.05) is 18.0 Å². The average Bonchev–Trinajstić information content (AvgIpc) is 2.53. The van der Waals surface area contributed by atoms with Crippen LogP contribution in [0, 0.1) is 0 Å². The molecule has 0 bridgehead atoms. The Morgan fingerprint density at radius 2 is 1.79 bits per heavy atom. The van der Waals surface area contributed by atoms with Crippen LogP contribution in [0.3, 0.4) is 0 Å². The highest BCUT2D eigenvalue weighted by molar-refractivity contribution is 9.10. The van der Waals surface area contributed by atoms with Gasteiger partial charge in [-0.3, -0.25) is 9.10 Å². The van der Waals surface area contributed by atoms with Gasteiger partial charge in [0, 0.05) is 9.50 Å². The molecule has 0 radical (unpaired) electrons. The molecule has 0 spiro atoms. The Morgan fingerprint density at radius 1 is 1.17 bits per heavy atom. The van der Waals surface area contributed by atoms with Crippen LogP contribution in [0.5, 0.6) is 0 Å². The molecule has 2 aromatic carbocycles. The number of anilines is 1. The minimum absolute atomic E-state index is 0.0145. The predicted octanol–water partition coefficient (Wildman–Crippen LogP) is 4.12. The van der Waals surface area contributed by atoms with Crippen molar-refractivity contribution in [3.63, 3.8) is 0 Å². The predicted molar refractivity (Wildman–Crippen MR) is 97.2 cm³/mol. The van der Waals surface area contributed by atoms with E-state index in [4.69, 9.17) is 23.2 Å². The number of halogens is 3. The Labute approximate surface area is 158 Å². The molecule has 0 aliphatic heterocycles. The van der Waals surface area contributed by atoms with Gasteiger partial charge in [-0.2, -0.15) is 0 Å². The maximum atomic E-state index is 12.9. The van der Waals surface area contributed by atoms with E-state index in [1.54, 1.807) is 12.1 Å². The zero-order valence-corrected chi connectivity index (χ0v) is 16.3. The van der Waals surface area contributed by atoms with Crippen LogP contribution in [0.2, 0.25) is 10.0 Å². The number of esters is 1. The molecule has 0 atom stereocenters. The van der Waals surface area contributed by atoms with Crippen molar-refractivity contribution in [2.24, 2.45) is 0 Å². The molecule has 2 rings (SSSR count). The van der Waals surface area contributed by atoms with E-state index in [1.807, 2.05) is 0 Å². The Hall–Kier alpha value is -1.28. The maximum absolute atomic E-state index is 12.9. The van der Waals surface area contributed by atoms with Gasteiger partial charge in [-0.1, -0.05) is 39.1 Å². The van der Waals surface area contributed by atoms with E-state index >= 15 is 0 Å². The molecule has 9 heteroatoms. The Morgan fingerprint density at radius 3 is 2.33 bits per heavy atom. The van der Waals surface area contributed by atoms with Crippen LogP contribution in [0.4, 0.5) is 5.69 Å². The highest BCUT2D eigenvalue weighted by atomic mass is 79.9. The van der Waals surface area contributed by atoms with Crippen LogP contribution >= 0.6 is 39.1 Å². The van der Waals surface area contributed by atoms with Crippen molar-refractivity contribution >= 4 is 60.8 Å². The minimum atomic E-state index is -4.03. The lowest BCUT2D eigenvalue weighted by atomic mass is 10.3. The van der Waals surface area contributed by atoms with E-state index in [2.05, 4.69) is 20.7 Å². The molecule has 0 saturated heterocycles. The fraction of sp³-hybridized carbons (Fsp3) is 0.133. The second-order valence-electron chi connectivity index (χ2n) is 4.64. The quantitative estimate of drug-likeness (QED) is 0.640. The van der Waals surface area contributed by atoms with Gasteiger partial charge in [0.15, 0.2) is 0 Å². The van der Waals surface area contributed by atoms with Crippen LogP contribution < -0.4 is 4.31 Å². The third kappa shape index (κ3) is 4.22. The van der Waals surface area contributed by atoms with E-state index in [0.717, 1.165) is 8.78 Å². The van der Waals surface area contributed by atoms with Crippen LogP contribution in [-0.4, -0.2) is 28.0 Å². The van der Waals surface area contributed by atoms with Gasteiger partial charge in [0.05, 0.1) is 22.7 Å². The lowest BCUT2D eigenvalue weighted by Gasteiger charge is -2.24. The van der Waals surface area contributed by atoms with Crippen molar-refractivity contribution < 1.29 is 17.9 Å². The molecular weight excluding hydrogens is 441 g/mol. The van der Waals surface area contributed by atoms with Gasteiger partial charge in [0.1, 0.15) is 6.54 Å². The first kappa shape index (κ1) is 19.1. The van der Waals surface area contributed by atoms with Crippen molar-refractivity contribution in [3.8, 4) is 0 Å². The second-order valence-corrected chi connectivity index (χ2v) is 8.26. The Balaban J connectivity index is 2.57. The average molecular weight is 453 g/mol. The van der Waals surface area contributed by atoms with E-state index in [-0.39, 0.29) is 15.6 Å². The molecule has 0 amide bonds. The highest BCUT2D eigenvalue weighted by Gasteiger charge is 2.29. The monoisotopic (exact) mass is 451 g/mol. The van der Waals surface area contributed by atoms with E-state index in [9.17, 15) is 13.2 Å². The maximum Gasteiger partial charge on any atom is 0.326 e. The third-order valence-electron chi connectivity index (χ3n) is 3.08. The number of benzene rings is 2. The first-order chi connectivity index (χ1) is 11.3. The number of carbonyl (C=O) groups is 1. The molecule has 2 aromatic rings. The fourth-order valence-corrected chi connectivity index (χ4v) is 4.15. The topological polar surface area (TPSA) is 63.7 Å².